The number of halogens is 3. The van der Waals surface area contributed by atoms with Crippen LogP contribution in [0.25, 0.3) is 0 Å². The molecule has 0 bridgehead atoms. The first kappa shape index (κ1) is 26.3. The van der Waals surface area contributed by atoms with E-state index in [4.69, 9.17) is 8.83 Å². The quantitative estimate of drug-likeness (QED) is 0.232. The fourth-order valence-electron chi connectivity index (χ4n) is 4.10. The maximum atomic E-state index is 13.6. The molecule has 5 nitrogen and oxygen atoms in total. The van der Waals surface area contributed by atoms with E-state index < -0.39 is 11.7 Å². The van der Waals surface area contributed by atoms with Crippen molar-refractivity contribution in [1.82, 2.24) is 9.80 Å². The van der Waals surface area contributed by atoms with Crippen LogP contribution in [0.4, 0.5) is 13.2 Å². The number of aryl methyl sites for hydroxylation is 1. The molecule has 0 saturated carbocycles. The van der Waals surface area contributed by atoms with Crippen LogP contribution in [-0.2, 0) is 37.0 Å². The van der Waals surface area contributed by atoms with Crippen LogP contribution in [0.1, 0.15) is 34.0 Å². The lowest BCUT2D eigenvalue weighted by molar-refractivity contribution is -0.137. The Morgan fingerprint density at radius 3 is 2.19 bits per heavy atom. The highest BCUT2D eigenvalue weighted by Crippen LogP contribution is 2.29. The maximum absolute atomic E-state index is 13.6. The molecule has 0 aliphatic carbocycles. The van der Waals surface area contributed by atoms with Crippen molar-refractivity contribution in [3.8, 4) is 0 Å². The van der Waals surface area contributed by atoms with Gasteiger partial charge in [-0.1, -0.05) is 42.5 Å². The van der Waals surface area contributed by atoms with Gasteiger partial charge in [0.05, 0.1) is 31.5 Å². The van der Waals surface area contributed by atoms with Gasteiger partial charge in [-0.05, 0) is 60.9 Å². The van der Waals surface area contributed by atoms with E-state index in [9.17, 15) is 18.0 Å². The predicted octanol–water partition coefficient (Wildman–Crippen LogP) is 6.47. The molecule has 4 aromatic rings. The van der Waals surface area contributed by atoms with Crippen LogP contribution in [-0.4, -0.2) is 28.8 Å². The highest BCUT2D eigenvalue weighted by atomic mass is 19.4. The van der Waals surface area contributed by atoms with Gasteiger partial charge in [-0.2, -0.15) is 13.2 Å². The first-order valence-corrected chi connectivity index (χ1v) is 12.0. The number of hydrogen-bond acceptors (Lipinski definition) is 4. The van der Waals surface area contributed by atoms with E-state index in [0.29, 0.717) is 43.1 Å². The number of amides is 1. The first-order chi connectivity index (χ1) is 17.8. The Morgan fingerprint density at radius 1 is 0.811 bits per heavy atom. The number of benzene rings is 2. The SMILES string of the molecule is Cc1ccc(CN(CCc2ccccc2)C(=O)CN(Cc2ccc(C(F)(F)F)cc2)Cc2ccco2)o1. The first-order valence-electron chi connectivity index (χ1n) is 12.0. The zero-order valence-electron chi connectivity index (χ0n) is 20.6. The van der Waals surface area contributed by atoms with E-state index in [1.165, 1.54) is 12.1 Å². The van der Waals surface area contributed by atoms with Gasteiger partial charge in [0, 0.05) is 13.1 Å². The molecule has 2 aromatic heterocycles. The zero-order chi connectivity index (χ0) is 26.3. The molecule has 4 rings (SSSR count). The lowest BCUT2D eigenvalue weighted by Crippen LogP contribution is -2.40. The summed E-state index contributed by atoms with van der Waals surface area (Å²) in [5.41, 5.74) is 1.09. The summed E-state index contributed by atoms with van der Waals surface area (Å²) >= 11 is 0. The second kappa shape index (κ2) is 12.0. The Morgan fingerprint density at radius 2 is 1.57 bits per heavy atom. The Hall–Kier alpha value is -3.78. The average Bonchev–Trinajstić information content (AvgIpc) is 3.53. The largest absolute Gasteiger partial charge is 0.468 e. The maximum Gasteiger partial charge on any atom is 0.416 e. The second-order valence-corrected chi connectivity index (χ2v) is 8.98. The molecule has 37 heavy (non-hydrogen) atoms. The highest BCUT2D eigenvalue weighted by molar-refractivity contribution is 5.78. The van der Waals surface area contributed by atoms with Crippen molar-refractivity contribution in [2.24, 2.45) is 0 Å². The highest BCUT2D eigenvalue weighted by Gasteiger charge is 2.30. The summed E-state index contributed by atoms with van der Waals surface area (Å²) in [6.45, 7) is 3.37. The molecule has 0 fully saturated rings. The molecule has 0 spiro atoms. The van der Waals surface area contributed by atoms with E-state index in [2.05, 4.69) is 0 Å². The van der Waals surface area contributed by atoms with Crippen LogP contribution in [0.3, 0.4) is 0 Å². The Balaban J connectivity index is 1.50. The third-order valence-corrected chi connectivity index (χ3v) is 6.01. The van der Waals surface area contributed by atoms with Crippen LogP contribution in [0.5, 0.6) is 0 Å². The minimum Gasteiger partial charge on any atom is -0.468 e. The van der Waals surface area contributed by atoms with Crippen LogP contribution >= 0.6 is 0 Å². The minimum atomic E-state index is -4.40. The van der Waals surface area contributed by atoms with Crippen LogP contribution < -0.4 is 0 Å². The Kier molecular flexibility index (Phi) is 8.50. The van der Waals surface area contributed by atoms with Gasteiger partial charge in [-0.25, -0.2) is 0 Å². The summed E-state index contributed by atoms with van der Waals surface area (Å²) in [4.78, 5) is 17.2. The summed E-state index contributed by atoms with van der Waals surface area (Å²) in [5.74, 6) is 2.02. The minimum absolute atomic E-state index is 0.0657. The van der Waals surface area contributed by atoms with Crippen molar-refractivity contribution in [2.75, 3.05) is 13.1 Å². The average molecular weight is 511 g/mol. The zero-order valence-corrected chi connectivity index (χ0v) is 20.6. The molecule has 8 heteroatoms. The van der Waals surface area contributed by atoms with E-state index in [-0.39, 0.29) is 19.0 Å². The van der Waals surface area contributed by atoms with Crippen LogP contribution in [0.15, 0.2) is 94.0 Å². The molecular formula is C29H29F3N2O3. The van der Waals surface area contributed by atoms with Gasteiger partial charge in [0.2, 0.25) is 5.91 Å². The summed E-state index contributed by atoms with van der Waals surface area (Å²) in [5, 5.41) is 0. The van der Waals surface area contributed by atoms with Crippen molar-refractivity contribution in [3.63, 3.8) is 0 Å². The standard InChI is InChI=1S/C29H29F3N2O3/c1-22-9-14-27(37-22)20-34(16-15-23-6-3-2-4-7-23)28(35)21-33(19-26-8-5-17-36-26)18-24-10-12-25(13-11-24)29(30,31)32/h2-14,17H,15-16,18-21H2,1H3. The number of rotatable bonds is 11. The van der Waals surface area contributed by atoms with Crippen LogP contribution in [0.2, 0.25) is 0 Å². The van der Waals surface area contributed by atoms with Gasteiger partial charge in [0.15, 0.2) is 0 Å². The lowest BCUT2D eigenvalue weighted by atomic mass is 10.1. The molecule has 194 valence electrons. The van der Waals surface area contributed by atoms with Crippen molar-refractivity contribution in [3.05, 3.63) is 119 Å². The molecule has 0 unspecified atom stereocenters. The number of carbonyl (C=O) groups is 1. The van der Waals surface area contributed by atoms with Crippen molar-refractivity contribution < 1.29 is 26.8 Å². The fraction of sp³-hybridized carbons (Fsp3) is 0.276. The van der Waals surface area contributed by atoms with Crippen molar-refractivity contribution >= 4 is 5.91 Å². The smallest absolute Gasteiger partial charge is 0.416 e. The van der Waals surface area contributed by atoms with Gasteiger partial charge in [-0.15, -0.1) is 0 Å². The molecule has 0 atom stereocenters. The van der Waals surface area contributed by atoms with E-state index in [1.807, 2.05) is 60.4 Å². The molecule has 2 aromatic carbocycles. The molecule has 0 aliphatic rings. The second-order valence-electron chi connectivity index (χ2n) is 8.98. The number of nitrogens with zero attached hydrogens (tertiary/aromatic N) is 2. The van der Waals surface area contributed by atoms with Crippen molar-refractivity contribution in [2.45, 2.75) is 39.2 Å². The van der Waals surface area contributed by atoms with E-state index >= 15 is 0 Å². The number of hydrogen-bond donors (Lipinski definition) is 0. The monoisotopic (exact) mass is 510 g/mol. The fourth-order valence-corrected chi connectivity index (χ4v) is 4.10. The van der Waals surface area contributed by atoms with Gasteiger partial charge < -0.3 is 13.7 Å². The summed E-state index contributed by atoms with van der Waals surface area (Å²) in [6.07, 6.45) is -2.16. The Labute approximate surface area is 214 Å². The van der Waals surface area contributed by atoms with Gasteiger partial charge in [0.25, 0.3) is 0 Å². The summed E-state index contributed by atoms with van der Waals surface area (Å²) < 4.78 is 50.2. The third-order valence-electron chi connectivity index (χ3n) is 6.01. The lowest BCUT2D eigenvalue weighted by Gasteiger charge is -2.27. The normalized spacial score (nSPS) is 11.7. The predicted molar refractivity (Wildman–Crippen MR) is 133 cm³/mol. The van der Waals surface area contributed by atoms with Crippen LogP contribution in [0, 0.1) is 6.92 Å². The molecule has 0 aliphatic heterocycles. The molecule has 0 saturated heterocycles. The van der Waals surface area contributed by atoms with E-state index in [0.717, 1.165) is 23.5 Å². The van der Waals surface area contributed by atoms with Crippen molar-refractivity contribution in [1.29, 1.82) is 0 Å². The van der Waals surface area contributed by atoms with Gasteiger partial charge in [-0.3, -0.25) is 9.69 Å². The topological polar surface area (TPSA) is 49.8 Å². The number of carbonyl (C=O) groups excluding carboxylic acids is 1. The molecule has 1 amide bonds. The van der Waals surface area contributed by atoms with Gasteiger partial charge >= 0.3 is 6.18 Å². The summed E-state index contributed by atoms with van der Waals surface area (Å²) in [7, 11) is 0. The molecule has 0 N–H and O–H groups in total. The number of furan rings is 2. The third kappa shape index (κ3) is 7.85. The Bertz CT molecular complexity index is 1250. The summed E-state index contributed by atoms with van der Waals surface area (Å²) in [6, 6.07) is 22.2. The molecular weight excluding hydrogens is 481 g/mol. The van der Waals surface area contributed by atoms with Gasteiger partial charge in [0.1, 0.15) is 17.3 Å². The number of alkyl halides is 3. The molecule has 2 heterocycles. The molecule has 0 radical (unpaired) electrons. The van der Waals surface area contributed by atoms with E-state index in [1.54, 1.807) is 17.2 Å².